The van der Waals surface area contributed by atoms with Crippen molar-refractivity contribution < 1.29 is 13.0 Å². The van der Waals surface area contributed by atoms with E-state index in [-0.39, 0.29) is 6.54 Å². The Kier molecular flexibility index (Phi) is 2.45. The van der Waals surface area contributed by atoms with Gasteiger partial charge in [-0.05, 0) is 0 Å². The predicted octanol–water partition coefficient (Wildman–Crippen LogP) is 0.552. The molecule has 0 saturated heterocycles. The molecule has 0 saturated carbocycles. The predicted molar refractivity (Wildman–Crippen MR) is 56.1 cm³/mol. The van der Waals surface area contributed by atoms with Gasteiger partial charge in [0, 0.05) is 5.56 Å². The van der Waals surface area contributed by atoms with Crippen molar-refractivity contribution in [3.05, 3.63) is 35.9 Å². The van der Waals surface area contributed by atoms with Gasteiger partial charge >= 0.3 is 10.3 Å². The van der Waals surface area contributed by atoms with Crippen LogP contribution in [0.4, 0.5) is 0 Å². The molecule has 80 valence electrons. The van der Waals surface area contributed by atoms with E-state index in [1.54, 1.807) is 24.3 Å². The molecule has 0 aliphatic carbocycles. The van der Waals surface area contributed by atoms with Crippen molar-refractivity contribution in [1.29, 1.82) is 0 Å². The molecule has 0 bridgehead atoms. The minimum Gasteiger partial charge on any atom is -0.269 e. The third-order valence-electron chi connectivity index (χ3n) is 2.11. The number of hydrogen-bond donors (Lipinski definition) is 1. The lowest BCUT2D eigenvalue weighted by Gasteiger charge is -2.15. The van der Waals surface area contributed by atoms with Crippen molar-refractivity contribution in [1.82, 2.24) is 4.31 Å². The van der Waals surface area contributed by atoms with E-state index < -0.39 is 10.3 Å². The van der Waals surface area contributed by atoms with Crippen molar-refractivity contribution in [3.63, 3.8) is 0 Å². The molecule has 1 aromatic rings. The van der Waals surface area contributed by atoms with Gasteiger partial charge in [0.15, 0.2) is 0 Å². The van der Waals surface area contributed by atoms with Crippen LogP contribution >= 0.6 is 0 Å². The molecular formula is C9H10N2O3S. The number of rotatable bonds is 2. The van der Waals surface area contributed by atoms with Gasteiger partial charge in [0.25, 0.3) is 0 Å². The first kappa shape index (κ1) is 10.1. The monoisotopic (exact) mass is 226 g/mol. The van der Waals surface area contributed by atoms with Crippen LogP contribution in [-0.2, 0) is 10.3 Å². The van der Waals surface area contributed by atoms with Crippen molar-refractivity contribution in [3.8, 4) is 0 Å². The fourth-order valence-corrected chi connectivity index (χ4v) is 2.17. The van der Waals surface area contributed by atoms with E-state index in [0.717, 1.165) is 4.31 Å². The van der Waals surface area contributed by atoms with Crippen LogP contribution in [-0.4, -0.2) is 36.2 Å². The van der Waals surface area contributed by atoms with Gasteiger partial charge in [0.2, 0.25) is 0 Å². The van der Waals surface area contributed by atoms with Gasteiger partial charge in [0.1, 0.15) is 5.84 Å². The Labute approximate surface area is 87.9 Å². The van der Waals surface area contributed by atoms with E-state index in [4.69, 9.17) is 4.55 Å². The highest BCUT2D eigenvalue weighted by atomic mass is 32.2. The zero-order valence-corrected chi connectivity index (χ0v) is 8.68. The zero-order chi connectivity index (χ0) is 10.9. The topological polar surface area (TPSA) is 70.0 Å². The first-order chi connectivity index (χ1) is 7.09. The van der Waals surface area contributed by atoms with Gasteiger partial charge in [-0.25, -0.2) is 4.31 Å². The Hall–Kier alpha value is -1.40. The number of aliphatic imine (C=N–C) groups is 1. The van der Waals surface area contributed by atoms with Gasteiger partial charge in [-0.2, -0.15) is 8.42 Å². The molecule has 1 aliphatic heterocycles. The maximum Gasteiger partial charge on any atom is 0.361 e. The summed E-state index contributed by atoms with van der Waals surface area (Å²) in [5.74, 6) is 0.304. The Morgan fingerprint density at radius 3 is 2.53 bits per heavy atom. The van der Waals surface area contributed by atoms with Crippen LogP contribution in [0.3, 0.4) is 0 Å². The number of nitrogens with zero attached hydrogens (tertiary/aromatic N) is 2. The van der Waals surface area contributed by atoms with Crippen LogP contribution in [0.5, 0.6) is 0 Å². The van der Waals surface area contributed by atoms with Crippen LogP contribution in [0.15, 0.2) is 35.3 Å². The van der Waals surface area contributed by atoms with Crippen molar-refractivity contribution in [2.24, 2.45) is 4.99 Å². The Morgan fingerprint density at radius 2 is 1.93 bits per heavy atom. The largest absolute Gasteiger partial charge is 0.361 e. The van der Waals surface area contributed by atoms with Crippen LogP contribution in [0.2, 0.25) is 0 Å². The SMILES string of the molecule is O=S(=O)(O)N1CCN=C1c1ccccc1. The molecule has 0 aromatic heterocycles. The molecule has 0 spiro atoms. The Bertz CT molecular complexity index is 481. The van der Waals surface area contributed by atoms with Crippen LogP contribution in [0, 0.1) is 0 Å². The first-order valence-corrected chi connectivity index (χ1v) is 5.84. The van der Waals surface area contributed by atoms with Crippen molar-refractivity contribution in [2.45, 2.75) is 0 Å². The van der Waals surface area contributed by atoms with Gasteiger partial charge in [-0.15, -0.1) is 0 Å². The highest BCUT2D eigenvalue weighted by molar-refractivity contribution is 7.84. The lowest BCUT2D eigenvalue weighted by Crippen LogP contribution is -2.34. The first-order valence-electron chi connectivity index (χ1n) is 4.44. The van der Waals surface area contributed by atoms with Gasteiger partial charge in [-0.1, -0.05) is 30.3 Å². The van der Waals surface area contributed by atoms with E-state index >= 15 is 0 Å². The normalized spacial score (nSPS) is 16.6. The molecule has 0 unspecified atom stereocenters. The molecule has 0 amide bonds. The summed E-state index contributed by atoms with van der Waals surface area (Å²) >= 11 is 0. The maximum absolute atomic E-state index is 11.0. The molecule has 6 heteroatoms. The van der Waals surface area contributed by atoms with Crippen LogP contribution in [0.1, 0.15) is 5.56 Å². The Morgan fingerprint density at radius 1 is 1.27 bits per heavy atom. The average Bonchev–Trinajstić information content (AvgIpc) is 2.67. The summed E-state index contributed by atoms with van der Waals surface area (Å²) in [5, 5.41) is 0. The minimum atomic E-state index is -4.20. The summed E-state index contributed by atoms with van der Waals surface area (Å²) in [6, 6.07) is 8.91. The number of hydrogen-bond acceptors (Lipinski definition) is 3. The Balaban J connectivity index is 2.39. The molecule has 15 heavy (non-hydrogen) atoms. The number of amidine groups is 1. The third-order valence-corrected chi connectivity index (χ3v) is 3.02. The highest BCUT2D eigenvalue weighted by Crippen LogP contribution is 2.13. The molecular weight excluding hydrogens is 216 g/mol. The molecule has 5 nitrogen and oxygen atoms in total. The van der Waals surface area contributed by atoms with E-state index in [1.165, 1.54) is 0 Å². The van der Waals surface area contributed by atoms with Crippen LogP contribution < -0.4 is 0 Å². The van der Waals surface area contributed by atoms with E-state index in [9.17, 15) is 8.42 Å². The van der Waals surface area contributed by atoms with E-state index in [0.29, 0.717) is 17.9 Å². The standard InChI is InChI=1S/C9H10N2O3S/c12-15(13,14)11-7-6-10-9(11)8-4-2-1-3-5-8/h1-5H,6-7H2,(H,12,13,14). The lowest BCUT2D eigenvalue weighted by atomic mass is 10.2. The highest BCUT2D eigenvalue weighted by Gasteiger charge is 2.27. The molecule has 1 aliphatic rings. The molecule has 0 radical (unpaired) electrons. The summed E-state index contributed by atoms with van der Waals surface area (Å²) in [4.78, 5) is 4.06. The number of benzene rings is 1. The summed E-state index contributed by atoms with van der Waals surface area (Å²) < 4.78 is 31.9. The van der Waals surface area contributed by atoms with Gasteiger partial charge < -0.3 is 0 Å². The van der Waals surface area contributed by atoms with E-state index in [1.807, 2.05) is 6.07 Å². The molecule has 1 heterocycles. The summed E-state index contributed by atoms with van der Waals surface area (Å²) in [5.41, 5.74) is 0.688. The molecule has 1 N–H and O–H groups in total. The second-order valence-corrected chi connectivity index (χ2v) is 4.46. The summed E-state index contributed by atoms with van der Waals surface area (Å²) in [7, 11) is -4.20. The molecule has 0 fully saturated rings. The summed E-state index contributed by atoms with van der Waals surface area (Å²) in [6.45, 7) is 0.576. The third kappa shape index (κ3) is 2.00. The molecule has 2 rings (SSSR count). The quantitative estimate of drug-likeness (QED) is 0.749. The fraction of sp³-hybridized carbons (Fsp3) is 0.222. The minimum absolute atomic E-state index is 0.197. The zero-order valence-electron chi connectivity index (χ0n) is 7.87. The fourth-order valence-electron chi connectivity index (χ4n) is 1.48. The van der Waals surface area contributed by atoms with Crippen molar-refractivity contribution in [2.75, 3.05) is 13.1 Å². The molecule has 1 aromatic carbocycles. The second kappa shape index (κ2) is 3.63. The average molecular weight is 226 g/mol. The van der Waals surface area contributed by atoms with Crippen LogP contribution in [0.25, 0.3) is 0 Å². The van der Waals surface area contributed by atoms with Crippen molar-refractivity contribution >= 4 is 16.1 Å². The maximum atomic E-state index is 11.0. The van der Waals surface area contributed by atoms with Gasteiger partial charge in [-0.3, -0.25) is 9.55 Å². The smallest absolute Gasteiger partial charge is 0.269 e. The molecule has 0 atom stereocenters. The summed E-state index contributed by atoms with van der Waals surface area (Å²) in [6.07, 6.45) is 0. The van der Waals surface area contributed by atoms with Gasteiger partial charge in [0.05, 0.1) is 13.1 Å². The van der Waals surface area contributed by atoms with E-state index in [2.05, 4.69) is 4.99 Å². The lowest BCUT2D eigenvalue weighted by molar-refractivity contribution is 0.430. The second-order valence-electron chi connectivity index (χ2n) is 3.12.